The Hall–Kier alpha value is -1.83. The Morgan fingerprint density at radius 1 is 1.21 bits per heavy atom. The van der Waals surface area contributed by atoms with Crippen LogP contribution in [-0.2, 0) is 19.2 Å². The third kappa shape index (κ3) is 6.35. The lowest BCUT2D eigenvalue weighted by Gasteiger charge is -2.29. The van der Waals surface area contributed by atoms with Crippen molar-refractivity contribution in [1.82, 2.24) is 9.96 Å². The number of carboxylic acid groups (broad SMARTS) is 1. The van der Waals surface area contributed by atoms with Crippen LogP contribution < -0.4 is 0 Å². The van der Waals surface area contributed by atoms with Crippen molar-refractivity contribution in [3.8, 4) is 0 Å². The van der Waals surface area contributed by atoms with Gasteiger partial charge in [0.2, 0.25) is 6.41 Å². The summed E-state index contributed by atoms with van der Waals surface area (Å²) in [6, 6.07) is -0.965. The highest BCUT2D eigenvalue weighted by Gasteiger charge is 2.42. The molecular formula is C16H28N2O6. The van der Waals surface area contributed by atoms with Crippen LogP contribution in [0.15, 0.2) is 0 Å². The number of likely N-dealkylation sites (tertiary alicyclic amines) is 1. The first-order valence-electron chi connectivity index (χ1n) is 7.96. The fraction of sp³-hybridized carbons (Fsp3) is 0.812. The second kappa shape index (κ2) is 7.38. The van der Waals surface area contributed by atoms with Crippen molar-refractivity contribution in [2.45, 2.75) is 65.2 Å². The van der Waals surface area contributed by atoms with Gasteiger partial charge < -0.3 is 9.84 Å². The summed E-state index contributed by atoms with van der Waals surface area (Å²) < 4.78 is 5.27. The van der Waals surface area contributed by atoms with Crippen molar-refractivity contribution in [1.29, 1.82) is 0 Å². The second-order valence-corrected chi connectivity index (χ2v) is 8.00. The fourth-order valence-corrected chi connectivity index (χ4v) is 2.52. The highest BCUT2D eigenvalue weighted by Crippen LogP contribution is 2.27. The van der Waals surface area contributed by atoms with E-state index in [2.05, 4.69) is 0 Å². The molecule has 1 aliphatic heterocycles. The van der Waals surface area contributed by atoms with Gasteiger partial charge in [0.05, 0.1) is 12.1 Å². The number of carbonyl (C=O) groups excluding carboxylic acids is 2. The first-order valence-corrected chi connectivity index (χ1v) is 7.96. The summed E-state index contributed by atoms with van der Waals surface area (Å²) in [6.07, 6.45) is 0.149. The molecule has 1 N–H and O–H groups in total. The quantitative estimate of drug-likeness (QED) is 0.604. The normalized spacial score (nSPS) is 21.5. The van der Waals surface area contributed by atoms with Gasteiger partial charge in [-0.15, -0.1) is 0 Å². The SMILES string of the molecule is CC(C)(C)OC(=O)N1CC(CN(C=O)OC(C)(C)C)C[C@@H]1C(=O)O. The summed E-state index contributed by atoms with van der Waals surface area (Å²) in [4.78, 5) is 41.6. The van der Waals surface area contributed by atoms with Crippen LogP contribution in [0.5, 0.6) is 0 Å². The fourth-order valence-electron chi connectivity index (χ4n) is 2.52. The van der Waals surface area contributed by atoms with Crippen molar-refractivity contribution in [2.75, 3.05) is 13.1 Å². The zero-order chi connectivity index (χ0) is 18.7. The maximum absolute atomic E-state index is 12.2. The predicted molar refractivity (Wildman–Crippen MR) is 86.1 cm³/mol. The van der Waals surface area contributed by atoms with Gasteiger partial charge in [-0.1, -0.05) is 0 Å². The molecule has 2 atom stereocenters. The minimum atomic E-state index is -1.09. The molecule has 0 aliphatic carbocycles. The summed E-state index contributed by atoms with van der Waals surface area (Å²) in [5.74, 6) is -1.29. The van der Waals surface area contributed by atoms with Gasteiger partial charge in [0.1, 0.15) is 11.6 Å². The van der Waals surface area contributed by atoms with Gasteiger partial charge in [-0.25, -0.2) is 14.7 Å². The molecule has 0 spiro atoms. The van der Waals surface area contributed by atoms with Crippen molar-refractivity contribution < 1.29 is 29.1 Å². The van der Waals surface area contributed by atoms with Crippen molar-refractivity contribution in [3.63, 3.8) is 0 Å². The Balaban J connectivity index is 2.78. The number of amides is 2. The average molecular weight is 344 g/mol. The molecule has 24 heavy (non-hydrogen) atoms. The maximum atomic E-state index is 12.2. The number of carbonyl (C=O) groups is 3. The van der Waals surface area contributed by atoms with Gasteiger partial charge in [0, 0.05) is 6.54 Å². The molecule has 1 unspecified atom stereocenters. The summed E-state index contributed by atoms with van der Waals surface area (Å²) in [7, 11) is 0. The van der Waals surface area contributed by atoms with Crippen LogP contribution in [0.4, 0.5) is 4.79 Å². The van der Waals surface area contributed by atoms with Crippen LogP contribution in [0.25, 0.3) is 0 Å². The van der Waals surface area contributed by atoms with Crippen molar-refractivity contribution >= 4 is 18.5 Å². The van der Waals surface area contributed by atoms with E-state index in [0.717, 1.165) is 5.06 Å². The second-order valence-electron chi connectivity index (χ2n) is 8.00. The molecule has 1 saturated heterocycles. The third-order valence-corrected chi connectivity index (χ3v) is 3.25. The molecule has 0 aromatic rings. The van der Waals surface area contributed by atoms with E-state index in [0.29, 0.717) is 6.41 Å². The number of aliphatic carboxylic acids is 1. The summed E-state index contributed by atoms with van der Waals surface area (Å²) >= 11 is 0. The molecular weight excluding hydrogens is 316 g/mol. The van der Waals surface area contributed by atoms with E-state index in [1.807, 2.05) is 20.8 Å². The lowest BCUT2D eigenvalue weighted by molar-refractivity contribution is -0.219. The molecule has 2 amide bonds. The van der Waals surface area contributed by atoms with Crippen molar-refractivity contribution in [2.24, 2.45) is 5.92 Å². The van der Waals surface area contributed by atoms with Gasteiger partial charge in [0.15, 0.2) is 0 Å². The molecule has 1 heterocycles. The topological polar surface area (TPSA) is 96.4 Å². The number of hydrogen-bond donors (Lipinski definition) is 1. The van der Waals surface area contributed by atoms with Gasteiger partial charge in [-0.2, -0.15) is 0 Å². The van der Waals surface area contributed by atoms with E-state index >= 15 is 0 Å². The third-order valence-electron chi connectivity index (χ3n) is 3.25. The van der Waals surface area contributed by atoms with Crippen LogP contribution in [-0.4, -0.2) is 63.9 Å². The number of nitrogens with zero attached hydrogens (tertiary/aromatic N) is 2. The number of ether oxygens (including phenoxy) is 1. The Morgan fingerprint density at radius 3 is 2.21 bits per heavy atom. The smallest absolute Gasteiger partial charge is 0.411 e. The molecule has 0 radical (unpaired) electrons. The predicted octanol–water partition coefficient (Wildman–Crippen LogP) is 1.89. The molecule has 8 nitrogen and oxygen atoms in total. The molecule has 0 aromatic carbocycles. The monoisotopic (exact) mass is 344 g/mol. The Morgan fingerprint density at radius 2 is 1.79 bits per heavy atom. The summed E-state index contributed by atoms with van der Waals surface area (Å²) in [6.45, 7) is 11.0. The van der Waals surface area contributed by atoms with E-state index in [-0.39, 0.29) is 25.4 Å². The average Bonchev–Trinajstić information content (AvgIpc) is 2.78. The minimum Gasteiger partial charge on any atom is -0.480 e. The van der Waals surface area contributed by atoms with E-state index in [9.17, 15) is 19.5 Å². The highest BCUT2D eigenvalue weighted by molar-refractivity contribution is 5.81. The van der Waals surface area contributed by atoms with Gasteiger partial charge in [-0.05, 0) is 53.9 Å². The van der Waals surface area contributed by atoms with Crippen LogP contribution in [0.2, 0.25) is 0 Å². The van der Waals surface area contributed by atoms with E-state index < -0.39 is 29.3 Å². The van der Waals surface area contributed by atoms with Crippen LogP contribution in [0.1, 0.15) is 48.0 Å². The van der Waals surface area contributed by atoms with E-state index in [4.69, 9.17) is 9.57 Å². The standard InChI is InChI=1S/C16H28N2O6/c1-15(2,3)23-14(22)18-9-11(7-12(18)13(20)21)8-17(10-19)24-16(4,5)6/h10-12H,7-9H2,1-6H3,(H,20,21)/t11?,12-/m1/s1. The molecule has 138 valence electrons. The number of carboxylic acids is 1. The number of hydroxylamine groups is 2. The van der Waals surface area contributed by atoms with Crippen LogP contribution >= 0.6 is 0 Å². The van der Waals surface area contributed by atoms with Gasteiger partial charge in [-0.3, -0.25) is 14.5 Å². The molecule has 0 saturated carbocycles. The molecule has 1 rings (SSSR count). The Labute approximate surface area is 142 Å². The minimum absolute atomic E-state index is 0.198. The number of hydrogen-bond acceptors (Lipinski definition) is 5. The molecule has 1 aliphatic rings. The van der Waals surface area contributed by atoms with Gasteiger partial charge >= 0.3 is 12.1 Å². The molecule has 0 bridgehead atoms. The lowest BCUT2D eigenvalue weighted by Crippen LogP contribution is -2.43. The van der Waals surface area contributed by atoms with Crippen LogP contribution in [0.3, 0.4) is 0 Å². The zero-order valence-electron chi connectivity index (χ0n) is 15.2. The molecule has 0 aromatic heterocycles. The Kier molecular flexibility index (Phi) is 6.21. The van der Waals surface area contributed by atoms with Crippen LogP contribution in [0, 0.1) is 5.92 Å². The highest BCUT2D eigenvalue weighted by atomic mass is 16.7. The first-order chi connectivity index (χ1) is 10.8. The van der Waals surface area contributed by atoms with Crippen molar-refractivity contribution in [3.05, 3.63) is 0 Å². The maximum Gasteiger partial charge on any atom is 0.411 e. The van der Waals surface area contributed by atoms with Gasteiger partial charge in [0.25, 0.3) is 0 Å². The number of rotatable bonds is 5. The summed E-state index contributed by atoms with van der Waals surface area (Å²) in [5, 5.41) is 10.5. The van der Waals surface area contributed by atoms with E-state index in [1.54, 1.807) is 20.8 Å². The van der Waals surface area contributed by atoms with E-state index in [1.165, 1.54) is 4.90 Å². The largest absolute Gasteiger partial charge is 0.480 e. The molecule has 8 heteroatoms. The zero-order valence-corrected chi connectivity index (χ0v) is 15.2. The summed E-state index contributed by atoms with van der Waals surface area (Å²) in [5.41, 5.74) is -1.25. The Bertz CT molecular complexity index is 480. The first kappa shape index (κ1) is 20.2. The lowest BCUT2D eigenvalue weighted by atomic mass is 10.1. The molecule has 1 fully saturated rings.